The van der Waals surface area contributed by atoms with E-state index in [1.165, 1.54) is 16.7 Å². The van der Waals surface area contributed by atoms with Crippen LogP contribution >= 0.6 is 15.9 Å². The third kappa shape index (κ3) is 6.62. The predicted octanol–water partition coefficient (Wildman–Crippen LogP) is 3.54. The van der Waals surface area contributed by atoms with Crippen molar-refractivity contribution in [2.24, 2.45) is 4.99 Å². The van der Waals surface area contributed by atoms with Gasteiger partial charge in [-0.3, -0.25) is 4.90 Å². The van der Waals surface area contributed by atoms with E-state index in [1.807, 2.05) is 12.1 Å². The van der Waals surface area contributed by atoms with Crippen molar-refractivity contribution in [2.45, 2.75) is 26.6 Å². The minimum atomic E-state index is 0.643. The Morgan fingerprint density at radius 3 is 2.61 bits per heavy atom. The first kappa shape index (κ1) is 20.8. The van der Waals surface area contributed by atoms with Gasteiger partial charge in [0.25, 0.3) is 0 Å². The SMILES string of the molecule is CCNC(=NCc1cccc(Br)c1)NCc1ccccc1CN1CCOCC1. The van der Waals surface area contributed by atoms with Crippen LogP contribution in [-0.2, 0) is 24.4 Å². The molecule has 1 heterocycles. The van der Waals surface area contributed by atoms with Crippen LogP contribution in [0.25, 0.3) is 0 Å². The van der Waals surface area contributed by atoms with E-state index >= 15 is 0 Å². The summed E-state index contributed by atoms with van der Waals surface area (Å²) in [5.74, 6) is 0.837. The number of hydrogen-bond acceptors (Lipinski definition) is 3. The zero-order chi connectivity index (χ0) is 19.6. The summed E-state index contributed by atoms with van der Waals surface area (Å²) in [6, 6.07) is 16.9. The number of rotatable bonds is 7. The minimum Gasteiger partial charge on any atom is -0.379 e. The second kappa shape index (κ2) is 11.2. The highest BCUT2D eigenvalue weighted by Gasteiger charge is 2.12. The normalized spacial score (nSPS) is 15.4. The first-order valence-corrected chi connectivity index (χ1v) is 10.7. The van der Waals surface area contributed by atoms with Gasteiger partial charge in [0.05, 0.1) is 19.8 Å². The average molecular weight is 445 g/mol. The third-order valence-corrected chi connectivity index (χ3v) is 5.21. The summed E-state index contributed by atoms with van der Waals surface area (Å²) in [7, 11) is 0. The number of nitrogens with one attached hydrogen (secondary N) is 2. The van der Waals surface area contributed by atoms with Crippen LogP contribution in [0.3, 0.4) is 0 Å². The average Bonchev–Trinajstić information content (AvgIpc) is 2.72. The van der Waals surface area contributed by atoms with Gasteiger partial charge in [-0.2, -0.15) is 0 Å². The van der Waals surface area contributed by atoms with E-state index in [4.69, 9.17) is 9.73 Å². The number of morpholine rings is 1. The van der Waals surface area contributed by atoms with Gasteiger partial charge >= 0.3 is 0 Å². The number of benzene rings is 2. The molecule has 1 aliphatic heterocycles. The zero-order valence-corrected chi connectivity index (χ0v) is 18.0. The summed E-state index contributed by atoms with van der Waals surface area (Å²) in [6.07, 6.45) is 0. The molecule has 0 bridgehead atoms. The van der Waals surface area contributed by atoms with Crippen LogP contribution in [0.4, 0.5) is 0 Å². The van der Waals surface area contributed by atoms with Crippen LogP contribution < -0.4 is 10.6 Å². The molecule has 1 fully saturated rings. The number of hydrogen-bond donors (Lipinski definition) is 2. The maximum Gasteiger partial charge on any atom is 0.191 e. The van der Waals surface area contributed by atoms with Crippen molar-refractivity contribution in [3.8, 4) is 0 Å². The van der Waals surface area contributed by atoms with E-state index in [2.05, 4.69) is 74.8 Å². The van der Waals surface area contributed by atoms with Gasteiger partial charge in [-0.25, -0.2) is 4.99 Å². The van der Waals surface area contributed by atoms with E-state index < -0.39 is 0 Å². The number of aliphatic imine (C=N–C) groups is 1. The standard InChI is InChI=1S/C22H29BrN4O/c1-2-24-22(25-15-18-6-5-9-21(23)14-18)26-16-19-7-3-4-8-20(19)17-27-10-12-28-13-11-27/h3-9,14H,2,10-13,15-17H2,1H3,(H2,24,25,26). The highest BCUT2D eigenvalue weighted by molar-refractivity contribution is 9.10. The molecule has 0 atom stereocenters. The Bertz CT molecular complexity index is 775. The van der Waals surface area contributed by atoms with Crippen molar-refractivity contribution < 1.29 is 4.74 Å². The fourth-order valence-corrected chi connectivity index (χ4v) is 3.66. The zero-order valence-electron chi connectivity index (χ0n) is 16.5. The highest BCUT2D eigenvalue weighted by Crippen LogP contribution is 2.14. The Hall–Kier alpha value is -1.89. The molecular formula is C22H29BrN4O. The van der Waals surface area contributed by atoms with Gasteiger partial charge in [-0.05, 0) is 35.7 Å². The number of ether oxygens (including phenoxy) is 1. The van der Waals surface area contributed by atoms with Crippen molar-refractivity contribution in [1.29, 1.82) is 0 Å². The first-order valence-electron chi connectivity index (χ1n) is 9.88. The minimum absolute atomic E-state index is 0.643. The highest BCUT2D eigenvalue weighted by atomic mass is 79.9. The lowest BCUT2D eigenvalue weighted by Crippen LogP contribution is -2.38. The van der Waals surface area contributed by atoms with Gasteiger partial charge in [-0.15, -0.1) is 0 Å². The van der Waals surface area contributed by atoms with Crippen LogP contribution in [0.15, 0.2) is 58.0 Å². The molecule has 0 radical (unpaired) electrons. The molecule has 0 unspecified atom stereocenters. The smallest absolute Gasteiger partial charge is 0.191 e. The number of guanidine groups is 1. The summed E-state index contributed by atoms with van der Waals surface area (Å²) in [6.45, 7) is 8.93. The molecule has 3 rings (SSSR count). The molecule has 0 aromatic heterocycles. The summed E-state index contributed by atoms with van der Waals surface area (Å²) < 4.78 is 6.54. The van der Waals surface area contributed by atoms with Crippen LogP contribution in [0.1, 0.15) is 23.6 Å². The van der Waals surface area contributed by atoms with Gasteiger partial charge in [-0.1, -0.05) is 52.3 Å². The lowest BCUT2D eigenvalue weighted by molar-refractivity contribution is 0.0341. The van der Waals surface area contributed by atoms with Crippen LogP contribution in [0, 0.1) is 0 Å². The van der Waals surface area contributed by atoms with Gasteiger partial charge in [0.2, 0.25) is 0 Å². The Labute approximate surface area is 176 Å². The molecule has 0 amide bonds. The van der Waals surface area contributed by atoms with Crippen molar-refractivity contribution >= 4 is 21.9 Å². The topological polar surface area (TPSA) is 48.9 Å². The number of halogens is 1. The maximum atomic E-state index is 5.46. The van der Waals surface area contributed by atoms with E-state index in [-0.39, 0.29) is 0 Å². The predicted molar refractivity (Wildman–Crippen MR) is 118 cm³/mol. The molecule has 2 aromatic carbocycles. The quantitative estimate of drug-likeness (QED) is 0.506. The van der Waals surface area contributed by atoms with Crippen molar-refractivity contribution in [3.05, 3.63) is 69.7 Å². The van der Waals surface area contributed by atoms with Gasteiger partial charge in [0, 0.05) is 37.2 Å². The molecule has 2 aromatic rings. The first-order chi connectivity index (χ1) is 13.7. The molecule has 0 spiro atoms. The fraction of sp³-hybridized carbons (Fsp3) is 0.409. The Morgan fingerprint density at radius 2 is 1.86 bits per heavy atom. The van der Waals surface area contributed by atoms with Crippen molar-refractivity contribution in [3.63, 3.8) is 0 Å². The van der Waals surface area contributed by atoms with Gasteiger partial charge in [0.15, 0.2) is 5.96 Å². The summed E-state index contributed by atoms with van der Waals surface area (Å²) in [5, 5.41) is 6.82. The lowest BCUT2D eigenvalue weighted by Gasteiger charge is -2.27. The van der Waals surface area contributed by atoms with E-state index in [9.17, 15) is 0 Å². The van der Waals surface area contributed by atoms with Crippen molar-refractivity contribution in [1.82, 2.24) is 15.5 Å². The van der Waals surface area contributed by atoms with Gasteiger partial charge < -0.3 is 15.4 Å². The lowest BCUT2D eigenvalue weighted by atomic mass is 10.1. The van der Waals surface area contributed by atoms with E-state index in [0.29, 0.717) is 6.54 Å². The molecule has 1 aliphatic rings. The summed E-state index contributed by atoms with van der Waals surface area (Å²) in [5.41, 5.74) is 3.85. The monoisotopic (exact) mass is 444 g/mol. The molecule has 0 aliphatic carbocycles. The molecule has 0 saturated carbocycles. The van der Waals surface area contributed by atoms with Crippen LogP contribution in [-0.4, -0.2) is 43.7 Å². The van der Waals surface area contributed by atoms with Crippen LogP contribution in [0.2, 0.25) is 0 Å². The molecule has 6 heteroatoms. The molecule has 150 valence electrons. The third-order valence-electron chi connectivity index (χ3n) is 4.72. The van der Waals surface area contributed by atoms with Crippen LogP contribution in [0.5, 0.6) is 0 Å². The van der Waals surface area contributed by atoms with E-state index in [1.54, 1.807) is 0 Å². The molecular weight excluding hydrogens is 416 g/mol. The second-order valence-corrected chi connectivity index (χ2v) is 7.75. The summed E-state index contributed by atoms with van der Waals surface area (Å²) >= 11 is 3.52. The van der Waals surface area contributed by atoms with Gasteiger partial charge in [0.1, 0.15) is 0 Å². The maximum absolute atomic E-state index is 5.46. The molecule has 1 saturated heterocycles. The van der Waals surface area contributed by atoms with E-state index in [0.717, 1.165) is 56.4 Å². The Balaban J connectivity index is 1.62. The number of nitrogens with zero attached hydrogens (tertiary/aromatic N) is 2. The molecule has 28 heavy (non-hydrogen) atoms. The largest absolute Gasteiger partial charge is 0.379 e. The fourth-order valence-electron chi connectivity index (χ4n) is 3.21. The molecule has 5 nitrogen and oxygen atoms in total. The molecule has 2 N–H and O–H groups in total. The Kier molecular flexibility index (Phi) is 8.33. The summed E-state index contributed by atoms with van der Waals surface area (Å²) in [4.78, 5) is 7.19. The Morgan fingerprint density at radius 1 is 1.07 bits per heavy atom. The second-order valence-electron chi connectivity index (χ2n) is 6.84. The van der Waals surface area contributed by atoms with Crippen molar-refractivity contribution in [2.75, 3.05) is 32.8 Å².